The van der Waals surface area contributed by atoms with Gasteiger partial charge in [0.2, 0.25) is 0 Å². The highest BCUT2D eigenvalue weighted by Crippen LogP contribution is 2.18. The highest BCUT2D eigenvalue weighted by atomic mass is 32.1. The van der Waals surface area contributed by atoms with E-state index < -0.39 is 0 Å². The molecule has 1 N–H and O–H groups in total. The molecule has 90 valence electrons. The second-order valence-electron chi connectivity index (χ2n) is 3.70. The van der Waals surface area contributed by atoms with Gasteiger partial charge in [-0.1, -0.05) is 0 Å². The lowest BCUT2D eigenvalue weighted by Gasteiger charge is -2.02. The smallest absolute Gasteiger partial charge is 0.347 e. The summed E-state index contributed by atoms with van der Waals surface area (Å²) in [6.07, 6.45) is 5.18. The highest BCUT2D eigenvalue weighted by molar-refractivity contribution is 7.15. The number of nitrogens with zero attached hydrogens (tertiary/aromatic N) is 3. The van der Waals surface area contributed by atoms with E-state index in [1.165, 1.54) is 0 Å². The van der Waals surface area contributed by atoms with Gasteiger partial charge in [-0.15, -0.1) is 11.3 Å². The number of anilines is 1. The van der Waals surface area contributed by atoms with E-state index in [-0.39, 0.29) is 5.69 Å². The zero-order chi connectivity index (χ0) is 12.3. The van der Waals surface area contributed by atoms with Crippen molar-refractivity contribution in [2.75, 3.05) is 11.9 Å². The van der Waals surface area contributed by atoms with Crippen LogP contribution in [0.15, 0.2) is 23.4 Å². The van der Waals surface area contributed by atoms with Crippen molar-refractivity contribution in [3.8, 4) is 0 Å². The summed E-state index contributed by atoms with van der Waals surface area (Å²) in [4.78, 5) is 20.6. The van der Waals surface area contributed by atoms with Crippen LogP contribution in [0.2, 0.25) is 0 Å². The third-order valence-electron chi connectivity index (χ3n) is 2.19. The summed E-state index contributed by atoms with van der Waals surface area (Å²) in [7, 11) is 0. The number of hydrogen-bond acceptors (Lipinski definition) is 5. The Hall–Kier alpha value is -1.69. The van der Waals surface area contributed by atoms with Gasteiger partial charge in [-0.25, -0.2) is 14.8 Å². The van der Waals surface area contributed by atoms with Crippen LogP contribution in [0.5, 0.6) is 0 Å². The Morgan fingerprint density at radius 2 is 2.24 bits per heavy atom. The Morgan fingerprint density at radius 1 is 1.41 bits per heavy atom. The zero-order valence-electron chi connectivity index (χ0n) is 9.80. The molecular weight excluding hydrogens is 236 g/mol. The number of thiazole rings is 1. The molecule has 0 radical (unpaired) electrons. The van der Waals surface area contributed by atoms with Crippen molar-refractivity contribution in [2.45, 2.75) is 20.4 Å². The average Bonchev–Trinajstić information content (AvgIpc) is 2.72. The second kappa shape index (κ2) is 5.09. The van der Waals surface area contributed by atoms with E-state index >= 15 is 0 Å². The molecule has 0 saturated carbocycles. The van der Waals surface area contributed by atoms with Gasteiger partial charge in [-0.2, -0.15) is 0 Å². The van der Waals surface area contributed by atoms with Crippen LogP contribution in [0.3, 0.4) is 0 Å². The van der Waals surface area contributed by atoms with Gasteiger partial charge in [-0.05, 0) is 19.4 Å². The third-order valence-corrected chi connectivity index (χ3v) is 3.13. The van der Waals surface area contributed by atoms with Gasteiger partial charge >= 0.3 is 5.69 Å². The van der Waals surface area contributed by atoms with Gasteiger partial charge in [0.15, 0.2) is 5.13 Å². The van der Waals surface area contributed by atoms with Crippen molar-refractivity contribution in [1.29, 1.82) is 0 Å². The van der Waals surface area contributed by atoms with E-state index in [0.29, 0.717) is 6.54 Å². The number of nitrogens with one attached hydrogen (secondary N) is 1. The quantitative estimate of drug-likeness (QED) is 0.893. The van der Waals surface area contributed by atoms with Crippen LogP contribution in [0.4, 0.5) is 5.13 Å². The van der Waals surface area contributed by atoms with E-state index in [1.807, 2.05) is 20.0 Å². The molecular formula is C11H14N4OS. The van der Waals surface area contributed by atoms with Crippen molar-refractivity contribution in [1.82, 2.24) is 14.5 Å². The topological polar surface area (TPSA) is 59.8 Å². The standard InChI is InChI=1S/C11H14N4OS/c1-3-12-10-13-5-9(17-10)7-15-6-8(2)4-14-11(15)16/h4-6H,3,7H2,1-2H3,(H,12,13). The minimum atomic E-state index is -0.228. The van der Waals surface area contributed by atoms with Crippen LogP contribution in [0, 0.1) is 6.92 Å². The molecule has 2 rings (SSSR count). The molecule has 0 aliphatic carbocycles. The molecule has 0 fully saturated rings. The SMILES string of the molecule is CCNc1ncc(Cn2cc(C)cnc2=O)s1. The Morgan fingerprint density at radius 3 is 3.00 bits per heavy atom. The fraction of sp³-hybridized carbons (Fsp3) is 0.364. The van der Waals surface area contributed by atoms with Gasteiger partial charge in [0.1, 0.15) is 0 Å². The molecule has 17 heavy (non-hydrogen) atoms. The summed E-state index contributed by atoms with van der Waals surface area (Å²) in [6, 6.07) is 0. The lowest BCUT2D eigenvalue weighted by atomic mass is 10.4. The van der Waals surface area contributed by atoms with Gasteiger partial charge < -0.3 is 5.32 Å². The van der Waals surface area contributed by atoms with Crippen LogP contribution in [0.1, 0.15) is 17.4 Å². The predicted octanol–water partition coefficient (Wildman–Crippen LogP) is 1.49. The first-order valence-electron chi connectivity index (χ1n) is 5.40. The molecule has 0 unspecified atom stereocenters. The molecule has 0 bridgehead atoms. The van der Waals surface area contributed by atoms with Gasteiger partial charge in [0, 0.05) is 30.0 Å². The maximum Gasteiger partial charge on any atom is 0.347 e. The van der Waals surface area contributed by atoms with E-state index in [2.05, 4.69) is 15.3 Å². The first-order chi connectivity index (χ1) is 8.19. The molecule has 2 aromatic rings. The Kier molecular flexibility index (Phi) is 3.53. The molecule has 0 atom stereocenters. The lowest BCUT2D eigenvalue weighted by Crippen LogP contribution is -2.22. The molecule has 5 nitrogen and oxygen atoms in total. The largest absolute Gasteiger partial charge is 0.362 e. The van der Waals surface area contributed by atoms with Crippen LogP contribution in [0.25, 0.3) is 0 Å². The molecule has 2 heterocycles. The normalized spacial score (nSPS) is 10.5. The fourth-order valence-corrected chi connectivity index (χ4v) is 2.34. The molecule has 0 aromatic carbocycles. The lowest BCUT2D eigenvalue weighted by molar-refractivity contribution is 0.728. The van der Waals surface area contributed by atoms with E-state index in [9.17, 15) is 4.79 Å². The predicted molar refractivity (Wildman–Crippen MR) is 68.6 cm³/mol. The number of rotatable bonds is 4. The van der Waals surface area contributed by atoms with Crippen molar-refractivity contribution in [2.24, 2.45) is 0 Å². The Bertz CT molecular complexity index is 561. The summed E-state index contributed by atoms with van der Waals surface area (Å²) in [5, 5.41) is 4.03. The number of hydrogen-bond donors (Lipinski definition) is 1. The molecule has 2 aromatic heterocycles. The maximum absolute atomic E-state index is 11.5. The Labute approximate surface area is 103 Å². The van der Waals surface area contributed by atoms with E-state index in [0.717, 1.165) is 22.1 Å². The first-order valence-corrected chi connectivity index (χ1v) is 6.22. The third kappa shape index (κ3) is 2.91. The van der Waals surface area contributed by atoms with Crippen LogP contribution in [-0.4, -0.2) is 21.1 Å². The second-order valence-corrected chi connectivity index (χ2v) is 4.82. The number of aryl methyl sites for hydroxylation is 1. The minimum absolute atomic E-state index is 0.228. The van der Waals surface area contributed by atoms with Crippen LogP contribution >= 0.6 is 11.3 Å². The fourth-order valence-electron chi connectivity index (χ4n) is 1.46. The minimum Gasteiger partial charge on any atom is -0.362 e. The van der Waals surface area contributed by atoms with Gasteiger partial charge in [0.05, 0.1) is 6.54 Å². The zero-order valence-corrected chi connectivity index (χ0v) is 10.6. The highest BCUT2D eigenvalue weighted by Gasteiger charge is 2.03. The summed E-state index contributed by atoms with van der Waals surface area (Å²) in [6.45, 7) is 5.31. The van der Waals surface area contributed by atoms with Crippen molar-refractivity contribution < 1.29 is 0 Å². The maximum atomic E-state index is 11.5. The molecule has 0 aliphatic heterocycles. The summed E-state index contributed by atoms with van der Waals surface area (Å²) >= 11 is 1.56. The van der Waals surface area contributed by atoms with Crippen LogP contribution in [-0.2, 0) is 6.54 Å². The average molecular weight is 250 g/mol. The molecule has 6 heteroatoms. The molecule has 0 amide bonds. The van der Waals surface area contributed by atoms with Gasteiger partial charge in [-0.3, -0.25) is 4.57 Å². The molecule has 0 aliphatic rings. The van der Waals surface area contributed by atoms with Crippen molar-refractivity contribution in [3.05, 3.63) is 39.5 Å². The summed E-state index contributed by atoms with van der Waals surface area (Å²) < 4.78 is 1.60. The van der Waals surface area contributed by atoms with E-state index in [4.69, 9.17) is 0 Å². The number of aromatic nitrogens is 3. The van der Waals surface area contributed by atoms with E-state index in [1.54, 1.807) is 28.3 Å². The monoisotopic (exact) mass is 250 g/mol. The summed E-state index contributed by atoms with van der Waals surface area (Å²) in [5.74, 6) is 0. The Balaban J connectivity index is 2.19. The van der Waals surface area contributed by atoms with Crippen molar-refractivity contribution >= 4 is 16.5 Å². The van der Waals surface area contributed by atoms with Crippen LogP contribution < -0.4 is 11.0 Å². The van der Waals surface area contributed by atoms with Crippen molar-refractivity contribution in [3.63, 3.8) is 0 Å². The molecule has 0 spiro atoms. The molecule has 0 saturated heterocycles. The summed E-state index contributed by atoms with van der Waals surface area (Å²) in [5.41, 5.74) is 0.745. The van der Waals surface area contributed by atoms with Gasteiger partial charge in [0.25, 0.3) is 0 Å². The first kappa shape index (κ1) is 11.8.